The standard InChI is InChI=1S/C19H20F3NO5/c1-3-18(24,25)16(12-7-9-13(28-2)10-8-12)11-14-15(19(20,21)22)5-4-6-17(14)23(26)27/h4-10,16,24-25H,3,11H2,1-2H3. The molecule has 2 aromatic carbocycles. The highest BCUT2D eigenvalue weighted by molar-refractivity contribution is 5.48. The third-order valence-corrected chi connectivity index (χ3v) is 4.66. The number of nitro groups is 1. The number of methoxy groups -OCH3 is 1. The van der Waals surface area contributed by atoms with Crippen LogP contribution < -0.4 is 4.74 Å². The first-order chi connectivity index (χ1) is 13.0. The van der Waals surface area contributed by atoms with Crippen LogP contribution in [0.2, 0.25) is 0 Å². The third kappa shape index (κ3) is 4.60. The summed E-state index contributed by atoms with van der Waals surface area (Å²) in [6, 6.07) is 8.70. The van der Waals surface area contributed by atoms with Crippen molar-refractivity contribution in [3.8, 4) is 5.75 Å². The lowest BCUT2D eigenvalue weighted by atomic mass is 9.82. The zero-order chi connectivity index (χ0) is 21.1. The van der Waals surface area contributed by atoms with Gasteiger partial charge in [-0.2, -0.15) is 13.2 Å². The molecule has 0 saturated heterocycles. The lowest BCUT2D eigenvalue weighted by Gasteiger charge is -2.31. The van der Waals surface area contributed by atoms with E-state index in [1.807, 2.05) is 0 Å². The van der Waals surface area contributed by atoms with Crippen LogP contribution in [-0.4, -0.2) is 28.0 Å². The van der Waals surface area contributed by atoms with Crippen LogP contribution in [0.5, 0.6) is 5.75 Å². The number of hydrogen-bond donors (Lipinski definition) is 2. The van der Waals surface area contributed by atoms with Crippen LogP contribution in [0.1, 0.15) is 36.0 Å². The average Bonchev–Trinajstić information content (AvgIpc) is 2.65. The Morgan fingerprint density at radius 2 is 1.75 bits per heavy atom. The molecule has 0 fully saturated rings. The van der Waals surface area contributed by atoms with Crippen molar-refractivity contribution in [2.24, 2.45) is 0 Å². The highest BCUT2D eigenvalue weighted by atomic mass is 19.4. The molecule has 0 bridgehead atoms. The van der Waals surface area contributed by atoms with Crippen LogP contribution in [0.25, 0.3) is 0 Å². The zero-order valence-corrected chi connectivity index (χ0v) is 15.2. The Bertz CT molecular complexity index is 834. The van der Waals surface area contributed by atoms with Gasteiger partial charge < -0.3 is 14.9 Å². The maximum absolute atomic E-state index is 13.5. The monoisotopic (exact) mass is 399 g/mol. The van der Waals surface area contributed by atoms with Gasteiger partial charge in [0, 0.05) is 17.5 Å². The van der Waals surface area contributed by atoms with Crippen LogP contribution in [0.15, 0.2) is 42.5 Å². The smallest absolute Gasteiger partial charge is 0.416 e. The highest BCUT2D eigenvalue weighted by Crippen LogP contribution is 2.41. The number of hydrogen-bond acceptors (Lipinski definition) is 5. The van der Waals surface area contributed by atoms with Gasteiger partial charge in [-0.15, -0.1) is 0 Å². The van der Waals surface area contributed by atoms with Crippen molar-refractivity contribution in [3.63, 3.8) is 0 Å². The van der Waals surface area contributed by atoms with Gasteiger partial charge in [-0.1, -0.05) is 25.1 Å². The fourth-order valence-corrected chi connectivity index (χ4v) is 3.06. The second kappa shape index (κ2) is 8.15. The Kier molecular flexibility index (Phi) is 6.30. The topological polar surface area (TPSA) is 92.8 Å². The van der Waals surface area contributed by atoms with E-state index in [1.165, 1.54) is 38.3 Å². The summed E-state index contributed by atoms with van der Waals surface area (Å²) in [5, 5.41) is 32.2. The van der Waals surface area contributed by atoms with Crippen LogP contribution in [0.4, 0.5) is 18.9 Å². The van der Waals surface area contributed by atoms with E-state index < -0.39 is 46.0 Å². The molecular weight excluding hydrogens is 379 g/mol. The van der Waals surface area contributed by atoms with E-state index in [0.29, 0.717) is 11.3 Å². The molecule has 0 aliphatic rings. The molecule has 0 aliphatic heterocycles. The maximum atomic E-state index is 13.5. The van der Waals surface area contributed by atoms with Gasteiger partial charge in [-0.3, -0.25) is 10.1 Å². The first-order valence-corrected chi connectivity index (χ1v) is 8.43. The summed E-state index contributed by atoms with van der Waals surface area (Å²) in [4.78, 5) is 10.4. The minimum absolute atomic E-state index is 0.189. The summed E-state index contributed by atoms with van der Waals surface area (Å²) in [6.07, 6.45) is -5.60. The molecule has 28 heavy (non-hydrogen) atoms. The molecule has 152 valence electrons. The van der Waals surface area contributed by atoms with Gasteiger partial charge in [0.05, 0.1) is 17.6 Å². The van der Waals surface area contributed by atoms with E-state index in [1.54, 1.807) is 0 Å². The van der Waals surface area contributed by atoms with E-state index in [9.17, 15) is 33.5 Å². The molecule has 1 atom stereocenters. The molecule has 0 aromatic heterocycles. The molecule has 0 radical (unpaired) electrons. The number of halogens is 3. The Hall–Kier alpha value is -2.65. The van der Waals surface area contributed by atoms with Gasteiger partial charge in [0.15, 0.2) is 5.79 Å². The number of benzene rings is 2. The van der Waals surface area contributed by atoms with E-state index in [4.69, 9.17) is 4.74 Å². The first kappa shape index (κ1) is 21.6. The molecule has 0 aliphatic carbocycles. The quantitative estimate of drug-likeness (QED) is 0.416. The summed E-state index contributed by atoms with van der Waals surface area (Å²) in [5.74, 6) is -3.13. The lowest BCUT2D eigenvalue weighted by molar-refractivity contribution is -0.385. The molecule has 0 amide bonds. The predicted octanol–water partition coefficient (Wildman–Crippen LogP) is 4.04. The second-order valence-electron chi connectivity index (χ2n) is 6.32. The Labute approximate surface area is 159 Å². The Balaban J connectivity index is 2.63. The molecule has 2 rings (SSSR count). The molecule has 0 saturated carbocycles. The van der Waals surface area contributed by atoms with Crippen LogP contribution in [-0.2, 0) is 12.6 Å². The molecule has 1 unspecified atom stereocenters. The fraction of sp³-hybridized carbons (Fsp3) is 0.368. The van der Waals surface area contributed by atoms with Gasteiger partial charge in [-0.25, -0.2) is 0 Å². The fourth-order valence-electron chi connectivity index (χ4n) is 3.06. The maximum Gasteiger partial charge on any atom is 0.416 e. The van der Waals surface area contributed by atoms with Gasteiger partial charge >= 0.3 is 6.18 Å². The van der Waals surface area contributed by atoms with Crippen LogP contribution >= 0.6 is 0 Å². The highest BCUT2D eigenvalue weighted by Gasteiger charge is 2.41. The number of rotatable bonds is 7. The summed E-state index contributed by atoms with van der Waals surface area (Å²) in [7, 11) is 1.43. The van der Waals surface area contributed by atoms with Crippen molar-refractivity contribution in [2.75, 3.05) is 7.11 Å². The summed E-state index contributed by atoms with van der Waals surface area (Å²) in [5.41, 5.74) is -2.17. The van der Waals surface area contributed by atoms with Crippen molar-refractivity contribution in [2.45, 2.75) is 37.6 Å². The average molecular weight is 399 g/mol. The van der Waals surface area contributed by atoms with Crippen LogP contribution in [0, 0.1) is 10.1 Å². The largest absolute Gasteiger partial charge is 0.497 e. The Morgan fingerprint density at radius 1 is 1.14 bits per heavy atom. The zero-order valence-electron chi connectivity index (χ0n) is 15.2. The second-order valence-corrected chi connectivity index (χ2v) is 6.32. The van der Waals surface area contributed by atoms with E-state index in [0.717, 1.165) is 18.2 Å². The predicted molar refractivity (Wildman–Crippen MR) is 95.0 cm³/mol. The summed E-state index contributed by atoms with van der Waals surface area (Å²) >= 11 is 0. The summed E-state index contributed by atoms with van der Waals surface area (Å²) in [6.45, 7) is 1.46. The minimum atomic E-state index is -4.83. The molecule has 9 heteroatoms. The molecule has 6 nitrogen and oxygen atoms in total. The minimum Gasteiger partial charge on any atom is -0.497 e. The van der Waals surface area contributed by atoms with Crippen LogP contribution in [0.3, 0.4) is 0 Å². The van der Waals surface area contributed by atoms with Gasteiger partial charge in [0.1, 0.15) is 5.75 Å². The number of nitro benzene ring substituents is 1. The van der Waals surface area contributed by atoms with Crippen molar-refractivity contribution in [3.05, 3.63) is 69.3 Å². The lowest BCUT2D eigenvalue weighted by Crippen LogP contribution is -2.37. The third-order valence-electron chi connectivity index (χ3n) is 4.66. The molecule has 0 heterocycles. The van der Waals surface area contributed by atoms with Gasteiger partial charge in [0.25, 0.3) is 5.69 Å². The molecular formula is C19H20F3NO5. The SMILES string of the molecule is CCC(O)(O)C(Cc1c([N+](=O)[O-])cccc1C(F)(F)F)c1ccc(OC)cc1. The molecule has 2 N–H and O–H groups in total. The molecule has 2 aromatic rings. The first-order valence-electron chi connectivity index (χ1n) is 8.43. The van der Waals surface area contributed by atoms with E-state index in [-0.39, 0.29) is 6.42 Å². The normalized spacial score (nSPS) is 13.2. The van der Waals surface area contributed by atoms with Gasteiger partial charge in [0.2, 0.25) is 0 Å². The van der Waals surface area contributed by atoms with Crippen molar-refractivity contribution < 1.29 is 33.0 Å². The number of nitrogens with zero attached hydrogens (tertiary/aromatic N) is 1. The number of ether oxygens (including phenoxy) is 1. The Morgan fingerprint density at radius 3 is 2.21 bits per heavy atom. The van der Waals surface area contributed by atoms with Crippen molar-refractivity contribution in [1.29, 1.82) is 0 Å². The number of alkyl halides is 3. The van der Waals surface area contributed by atoms with Gasteiger partial charge in [-0.05, 0) is 36.6 Å². The summed E-state index contributed by atoms with van der Waals surface area (Å²) < 4.78 is 45.4. The van der Waals surface area contributed by atoms with Crippen molar-refractivity contribution >= 4 is 5.69 Å². The number of aliphatic hydroxyl groups is 2. The van der Waals surface area contributed by atoms with Crippen molar-refractivity contribution in [1.82, 2.24) is 0 Å². The van der Waals surface area contributed by atoms with E-state index in [2.05, 4.69) is 0 Å². The molecule has 0 spiro atoms. The van der Waals surface area contributed by atoms with E-state index >= 15 is 0 Å².